The number of hydrogen-bond acceptors (Lipinski definition) is 5. The van der Waals surface area contributed by atoms with Gasteiger partial charge in [-0.15, -0.1) is 0 Å². The summed E-state index contributed by atoms with van der Waals surface area (Å²) < 4.78 is 5.15. The fraction of sp³-hybridized carbons (Fsp3) is 0.312. The second-order valence-corrected chi connectivity index (χ2v) is 5.29. The highest BCUT2D eigenvalue weighted by molar-refractivity contribution is 5.86. The standard InChI is InChI=1S/C16H17N5O2/c17-10-13-14(19-20-15(13)21-8-4-5-9-21)18-16(22)23-11-12-6-2-1-3-7-12/h1-3,6-7H,4-5,8-9,11H2,(H2,18,19,20,22). The van der Waals surface area contributed by atoms with Gasteiger partial charge in [-0.2, -0.15) is 10.4 Å². The zero-order chi connectivity index (χ0) is 16.1. The number of ether oxygens (including phenoxy) is 1. The molecule has 1 amide bonds. The highest BCUT2D eigenvalue weighted by Crippen LogP contribution is 2.26. The minimum atomic E-state index is -0.623. The Balaban J connectivity index is 1.63. The van der Waals surface area contributed by atoms with E-state index in [0.717, 1.165) is 31.5 Å². The number of amides is 1. The lowest BCUT2D eigenvalue weighted by Gasteiger charge is -2.13. The van der Waals surface area contributed by atoms with Crippen LogP contribution in [0.3, 0.4) is 0 Å². The Hall–Kier alpha value is -3.01. The molecule has 1 aliphatic heterocycles. The van der Waals surface area contributed by atoms with Crippen molar-refractivity contribution in [2.24, 2.45) is 0 Å². The molecule has 0 saturated carbocycles. The molecule has 23 heavy (non-hydrogen) atoms. The van der Waals surface area contributed by atoms with Gasteiger partial charge in [-0.1, -0.05) is 30.3 Å². The Bertz CT molecular complexity index is 714. The Morgan fingerprint density at radius 2 is 2.09 bits per heavy atom. The molecule has 1 aliphatic rings. The van der Waals surface area contributed by atoms with Crippen molar-refractivity contribution in [3.63, 3.8) is 0 Å². The number of nitrogens with one attached hydrogen (secondary N) is 2. The predicted octanol–water partition coefficient (Wildman–Crippen LogP) is 2.63. The third-order valence-electron chi connectivity index (χ3n) is 3.70. The van der Waals surface area contributed by atoms with Crippen LogP contribution in [-0.2, 0) is 11.3 Å². The average molecular weight is 311 g/mol. The van der Waals surface area contributed by atoms with Gasteiger partial charge in [0, 0.05) is 13.1 Å². The molecule has 1 aromatic carbocycles. The number of aromatic amines is 1. The smallest absolute Gasteiger partial charge is 0.413 e. The van der Waals surface area contributed by atoms with E-state index in [9.17, 15) is 10.1 Å². The van der Waals surface area contributed by atoms with E-state index < -0.39 is 6.09 Å². The van der Waals surface area contributed by atoms with Crippen molar-refractivity contribution in [2.45, 2.75) is 19.4 Å². The summed E-state index contributed by atoms with van der Waals surface area (Å²) in [6.45, 7) is 1.91. The topological polar surface area (TPSA) is 94.0 Å². The SMILES string of the molecule is N#Cc1c(N2CCCC2)n[nH]c1NC(=O)OCc1ccccc1. The monoisotopic (exact) mass is 311 g/mol. The molecule has 0 spiro atoms. The van der Waals surface area contributed by atoms with Crippen LogP contribution in [0.25, 0.3) is 0 Å². The molecular weight excluding hydrogens is 294 g/mol. The second kappa shape index (κ2) is 6.83. The highest BCUT2D eigenvalue weighted by atomic mass is 16.5. The van der Waals surface area contributed by atoms with Crippen molar-refractivity contribution >= 4 is 17.7 Å². The third kappa shape index (κ3) is 3.43. The molecule has 0 atom stereocenters. The molecule has 0 radical (unpaired) electrons. The van der Waals surface area contributed by atoms with Gasteiger partial charge in [0.1, 0.15) is 18.2 Å². The first-order valence-electron chi connectivity index (χ1n) is 7.49. The summed E-state index contributed by atoms with van der Waals surface area (Å²) in [6.07, 6.45) is 1.54. The van der Waals surface area contributed by atoms with Crippen molar-refractivity contribution in [3.8, 4) is 6.07 Å². The summed E-state index contributed by atoms with van der Waals surface area (Å²) in [5, 5.41) is 18.7. The molecule has 7 nitrogen and oxygen atoms in total. The van der Waals surface area contributed by atoms with E-state index in [1.807, 2.05) is 35.2 Å². The molecule has 2 heterocycles. The van der Waals surface area contributed by atoms with Gasteiger partial charge < -0.3 is 9.64 Å². The number of carbonyl (C=O) groups is 1. The number of H-pyrrole nitrogens is 1. The molecule has 0 aliphatic carbocycles. The summed E-state index contributed by atoms with van der Waals surface area (Å²) in [7, 11) is 0. The second-order valence-electron chi connectivity index (χ2n) is 5.29. The Morgan fingerprint density at radius 1 is 1.35 bits per heavy atom. The van der Waals surface area contributed by atoms with E-state index in [1.54, 1.807) is 0 Å². The average Bonchev–Trinajstić information content (AvgIpc) is 3.23. The van der Waals surface area contributed by atoms with Gasteiger partial charge in [-0.05, 0) is 18.4 Å². The fourth-order valence-electron chi connectivity index (χ4n) is 2.55. The maximum atomic E-state index is 11.9. The van der Waals surface area contributed by atoms with Crippen molar-refractivity contribution < 1.29 is 9.53 Å². The Morgan fingerprint density at radius 3 is 2.78 bits per heavy atom. The minimum absolute atomic E-state index is 0.168. The molecular formula is C16H17N5O2. The van der Waals surface area contributed by atoms with Crippen molar-refractivity contribution in [1.29, 1.82) is 5.26 Å². The number of aromatic nitrogens is 2. The molecule has 3 rings (SSSR count). The summed E-state index contributed by atoms with van der Waals surface area (Å²) in [4.78, 5) is 13.9. The number of hydrogen-bond donors (Lipinski definition) is 2. The number of nitriles is 1. The van der Waals surface area contributed by atoms with E-state index in [2.05, 4.69) is 21.6 Å². The van der Waals surface area contributed by atoms with Gasteiger partial charge in [0.2, 0.25) is 0 Å². The number of carbonyl (C=O) groups excluding carboxylic acids is 1. The summed E-state index contributed by atoms with van der Waals surface area (Å²) >= 11 is 0. The Kier molecular flexibility index (Phi) is 4.43. The molecule has 0 unspecified atom stereocenters. The fourth-order valence-corrected chi connectivity index (χ4v) is 2.55. The molecule has 1 aromatic heterocycles. The van der Waals surface area contributed by atoms with Gasteiger partial charge in [0.25, 0.3) is 0 Å². The lowest BCUT2D eigenvalue weighted by Crippen LogP contribution is -2.19. The normalized spacial score (nSPS) is 13.6. The van der Waals surface area contributed by atoms with Crippen LogP contribution in [0.4, 0.5) is 16.4 Å². The van der Waals surface area contributed by atoms with Crippen molar-refractivity contribution in [1.82, 2.24) is 10.2 Å². The van der Waals surface area contributed by atoms with Crippen LogP contribution < -0.4 is 10.2 Å². The van der Waals surface area contributed by atoms with Crippen molar-refractivity contribution in [3.05, 3.63) is 41.5 Å². The number of nitrogens with zero attached hydrogens (tertiary/aromatic N) is 3. The van der Waals surface area contributed by atoms with Crippen LogP contribution in [0, 0.1) is 11.3 Å². The predicted molar refractivity (Wildman–Crippen MR) is 85.0 cm³/mol. The quantitative estimate of drug-likeness (QED) is 0.905. The lowest BCUT2D eigenvalue weighted by molar-refractivity contribution is 0.155. The van der Waals surface area contributed by atoms with Gasteiger partial charge in [-0.3, -0.25) is 10.4 Å². The summed E-state index contributed by atoms with van der Waals surface area (Å²) in [6, 6.07) is 11.5. The number of benzene rings is 1. The first-order valence-corrected chi connectivity index (χ1v) is 7.49. The first kappa shape index (κ1) is 14.9. The van der Waals surface area contributed by atoms with Crippen molar-refractivity contribution in [2.75, 3.05) is 23.3 Å². The third-order valence-corrected chi connectivity index (χ3v) is 3.70. The van der Waals surface area contributed by atoms with Gasteiger partial charge in [0.05, 0.1) is 0 Å². The first-order chi connectivity index (χ1) is 11.3. The van der Waals surface area contributed by atoms with E-state index in [4.69, 9.17) is 4.74 Å². The molecule has 118 valence electrons. The summed E-state index contributed by atoms with van der Waals surface area (Å²) in [5.41, 5.74) is 1.23. The highest BCUT2D eigenvalue weighted by Gasteiger charge is 2.22. The minimum Gasteiger partial charge on any atom is -0.444 e. The van der Waals surface area contributed by atoms with Gasteiger partial charge in [-0.25, -0.2) is 4.79 Å². The van der Waals surface area contributed by atoms with Crippen LogP contribution in [-0.4, -0.2) is 29.4 Å². The maximum Gasteiger partial charge on any atom is 0.413 e. The zero-order valence-electron chi connectivity index (χ0n) is 12.6. The van der Waals surface area contributed by atoms with Crippen LogP contribution in [0.5, 0.6) is 0 Å². The summed E-state index contributed by atoms with van der Waals surface area (Å²) in [5.74, 6) is 0.857. The van der Waals surface area contributed by atoms with E-state index in [0.29, 0.717) is 11.4 Å². The molecule has 1 fully saturated rings. The van der Waals surface area contributed by atoms with E-state index >= 15 is 0 Å². The zero-order valence-corrected chi connectivity index (χ0v) is 12.6. The van der Waals surface area contributed by atoms with Crippen LogP contribution in [0.1, 0.15) is 24.0 Å². The number of rotatable bonds is 4. The van der Waals surface area contributed by atoms with Crippen LogP contribution in [0.2, 0.25) is 0 Å². The lowest BCUT2D eigenvalue weighted by atomic mass is 10.2. The molecule has 7 heteroatoms. The maximum absolute atomic E-state index is 11.9. The van der Waals surface area contributed by atoms with E-state index in [1.165, 1.54) is 0 Å². The molecule has 1 saturated heterocycles. The Labute approximate surface area is 133 Å². The molecule has 0 bridgehead atoms. The molecule has 2 aromatic rings. The van der Waals surface area contributed by atoms with Gasteiger partial charge in [0.15, 0.2) is 11.6 Å². The number of anilines is 2. The van der Waals surface area contributed by atoms with Crippen LogP contribution in [0.15, 0.2) is 30.3 Å². The van der Waals surface area contributed by atoms with E-state index in [-0.39, 0.29) is 12.4 Å². The largest absolute Gasteiger partial charge is 0.444 e. The molecule has 2 N–H and O–H groups in total. The van der Waals surface area contributed by atoms with Crippen LogP contribution >= 0.6 is 0 Å². The van der Waals surface area contributed by atoms with Gasteiger partial charge >= 0.3 is 6.09 Å².